The Hall–Kier alpha value is -1.26. The molecule has 24 heavy (non-hydrogen) atoms. The van der Waals surface area contributed by atoms with E-state index in [2.05, 4.69) is 20.4 Å². The first-order chi connectivity index (χ1) is 10.9. The maximum Gasteiger partial charge on any atom is 0.191 e. The lowest BCUT2D eigenvalue weighted by Gasteiger charge is -2.43. The summed E-state index contributed by atoms with van der Waals surface area (Å²) in [7, 11) is 0. The lowest BCUT2D eigenvalue weighted by Crippen LogP contribution is -2.52. The standard InChI is InChI=1S/C20H26O4/c1-9-6-7-11-14(18(11,2)3)15-12(9)13-10(16(21)20(15,5)24)8-19(4,23)17(13)22/h11-12,14-15,23-24H,1,6-8H2,2-5H3/t11-,12-,14-,15-,19+,20-/m0/s1. The summed E-state index contributed by atoms with van der Waals surface area (Å²) < 4.78 is 0. The molecule has 0 saturated heterocycles. The summed E-state index contributed by atoms with van der Waals surface area (Å²) in [5, 5.41) is 21.6. The number of hydrogen-bond acceptors (Lipinski definition) is 4. The molecule has 2 fully saturated rings. The summed E-state index contributed by atoms with van der Waals surface area (Å²) in [4.78, 5) is 25.8. The van der Waals surface area contributed by atoms with E-state index in [1.807, 2.05) is 0 Å². The molecule has 0 radical (unpaired) electrons. The monoisotopic (exact) mass is 330 g/mol. The van der Waals surface area contributed by atoms with Crippen molar-refractivity contribution in [2.75, 3.05) is 0 Å². The number of allylic oxidation sites excluding steroid dienone is 1. The van der Waals surface area contributed by atoms with Gasteiger partial charge in [0.2, 0.25) is 0 Å². The summed E-state index contributed by atoms with van der Waals surface area (Å²) >= 11 is 0. The molecule has 130 valence electrons. The summed E-state index contributed by atoms with van der Waals surface area (Å²) in [5.41, 5.74) is -1.29. The molecule has 2 saturated carbocycles. The quantitative estimate of drug-likeness (QED) is 0.668. The predicted molar refractivity (Wildman–Crippen MR) is 89.0 cm³/mol. The molecule has 0 heterocycles. The molecule has 4 heteroatoms. The Kier molecular flexibility index (Phi) is 2.89. The Balaban J connectivity index is 1.93. The van der Waals surface area contributed by atoms with E-state index in [0.717, 1.165) is 18.4 Å². The van der Waals surface area contributed by atoms with Crippen LogP contribution in [0.25, 0.3) is 0 Å². The van der Waals surface area contributed by atoms with Gasteiger partial charge in [-0.3, -0.25) is 9.59 Å². The third kappa shape index (κ3) is 1.71. The van der Waals surface area contributed by atoms with Crippen molar-refractivity contribution < 1.29 is 19.8 Å². The molecule has 0 aromatic rings. The molecular formula is C20H26O4. The van der Waals surface area contributed by atoms with Crippen LogP contribution >= 0.6 is 0 Å². The Morgan fingerprint density at radius 1 is 1.04 bits per heavy atom. The number of ketones is 2. The van der Waals surface area contributed by atoms with E-state index < -0.39 is 11.2 Å². The number of hydrogen-bond donors (Lipinski definition) is 2. The highest BCUT2D eigenvalue weighted by Gasteiger charge is 2.70. The highest BCUT2D eigenvalue weighted by atomic mass is 16.3. The van der Waals surface area contributed by atoms with Gasteiger partial charge in [0, 0.05) is 29.4 Å². The molecule has 0 amide bonds. The van der Waals surface area contributed by atoms with Gasteiger partial charge in [0.15, 0.2) is 11.6 Å². The van der Waals surface area contributed by atoms with Gasteiger partial charge in [0.05, 0.1) is 0 Å². The second kappa shape index (κ2) is 4.28. The van der Waals surface area contributed by atoms with Crippen LogP contribution in [0, 0.1) is 29.1 Å². The maximum atomic E-state index is 13.0. The molecule has 6 atom stereocenters. The molecule has 4 nitrogen and oxygen atoms in total. The highest BCUT2D eigenvalue weighted by Crippen LogP contribution is 2.71. The van der Waals surface area contributed by atoms with Crippen molar-refractivity contribution >= 4 is 11.6 Å². The van der Waals surface area contributed by atoms with Crippen LogP contribution in [0.2, 0.25) is 0 Å². The van der Waals surface area contributed by atoms with Crippen LogP contribution in [0.4, 0.5) is 0 Å². The summed E-state index contributed by atoms with van der Waals surface area (Å²) in [6, 6.07) is 0. The van der Waals surface area contributed by atoms with Crippen molar-refractivity contribution in [1.29, 1.82) is 0 Å². The zero-order valence-corrected chi connectivity index (χ0v) is 14.8. The number of carbonyl (C=O) groups excluding carboxylic acids is 2. The van der Waals surface area contributed by atoms with Crippen LogP contribution in [-0.2, 0) is 9.59 Å². The van der Waals surface area contributed by atoms with Crippen LogP contribution in [0.15, 0.2) is 23.3 Å². The van der Waals surface area contributed by atoms with Crippen LogP contribution in [0.5, 0.6) is 0 Å². The molecule has 4 aliphatic rings. The summed E-state index contributed by atoms with van der Waals surface area (Å²) in [5.74, 6) is -0.714. The number of fused-ring (bicyclic) bond motifs is 4. The zero-order chi connectivity index (χ0) is 17.8. The first-order valence-electron chi connectivity index (χ1n) is 8.87. The summed E-state index contributed by atoms with van der Waals surface area (Å²) in [6.45, 7) is 11.6. The van der Waals surface area contributed by atoms with Gasteiger partial charge in [0.25, 0.3) is 0 Å². The van der Waals surface area contributed by atoms with E-state index in [4.69, 9.17) is 0 Å². The molecule has 0 aliphatic heterocycles. The molecule has 0 aromatic carbocycles. The first-order valence-corrected chi connectivity index (χ1v) is 8.87. The molecule has 2 N–H and O–H groups in total. The van der Waals surface area contributed by atoms with Crippen molar-refractivity contribution in [3.8, 4) is 0 Å². The fourth-order valence-electron chi connectivity index (χ4n) is 6.00. The number of rotatable bonds is 0. The van der Waals surface area contributed by atoms with Gasteiger partial charge in [-0.25, -0.2) is 0 Å². The van der Waals surface area contributed by atoms with Crippen molar-refractivity contribution in [1.82, 2.24) is 0 Å². The fraction of sp³-hybridized carbons (Fsp3) is 0.700. The van der Waals surface area contributed by atoms with E-state index in [9.17, 15) is 19.8 Å². The van der Waals surface area contributed by atoms with E-state index in [1.165, 1.54) is 6.92 Å². The van der Waals surface area contributed by atoms with Crippen molar-refractivity contribution in [3.63, 3.8) is 0 Å². The molecular weight excluding hydrogens is 304 g/mol. The Labute approximate surface area is 142 Å². The molecule has 0 bridgehead atoms. The minimum absolute atomic E-state index is 0.00411. The van der Waals surface area contributed by atoms with Crippen LogP contribution in [0.3, 0.4) is 0 Å². The zero-order valence-electron chi connectivity index (χ0n) is 14.8. The molecule has 0 unspecified atom stereocenters. The largest absolute Gasteiger partial charge is 0.382 e. The van der Waals surface area contributed by atoms with Gasteiger partial charge in [-0.05, 0) is 43.9 Å². The average molecular weight is 330 g/mol. The van der Waals surface area contributed by atoms with E-state index >= 15 is 0 Å². The first kappa shape index (κ1) is 16.2. The fourth-order valence-corrected chi connectivity index (χ4v) is 6.00. The number of Topliss-reactive ketones (excluding diaryl/α,β-unsaturated/α-hetero) is 2. The van der Waals surface area contributed by atoms with Crippen molar-refractivity contribution in [3.05, 3.63) is 23.3 Å². The smallest absolute Gasteiger partial charge is 0.191 e. The molecule has 0 spiro atoms. The Bertz CT molecular complexity index is 722. The number of carbonyl (C=O) groups is 2. The Morgan fingerprint density at radius 2 is 1.67 bits per heavy atom. The van der Waals surface area contributed by atoms with E-state index in [0.29, 0.717) is 17.1 Å². The maximum absolute atomic E-state index is 13.0. The van der Waals surface area contributed by atoms with Crippen LogP contribution in [-0.4, -0.2) is 33.0 Å². The van der Waals surface area contributed by atoms with Crippen LogP contribution < -0.4 is 0 Å². The highest BCUT2D eigenvalue weighted by molar-refractivity contribution is 6.17. The molecule has 4 rings (SSSR count). The lowest BCUT2D eigenvalue weighted by atomic mass is 9.62. The SMILES string of the molecule is C=C1CC[C@H]2[C@@H]([C@@H]3[C@@H]1C1=C(C[C@@](C)(O)C1=O)C(=O)[C@@]3(C)O)C2(C)C. The normalized spacial score (nSPS) is 49.5. The van der Waals surface area contributed by atoms with Gasteiger partial charge in [-0.15, -0.1) is 0 Å². The van der Waals surface area contributed by atoms with Gasteiger partial charge in [0.1, 0.15) is 11.2 Å². The van der Waals surface area contributed by atoms with Gasteiger partial charge in [-0.1, -0.05) is 26.0 Å². The minimum atomic E-state index is -1.55. The van der Waals surface area contributed by atoms with Gasteiger partial charge in [-0.2, -0.15) is 0 Å². The van der Waals surface area contributed by atoms with Crippen molar-refractivity contribution in [2.45, 2.75) is 58.2 Å². The van der Waals surface area contributed by atoms with E-state index in [1.54, 1.807) is 6.92 Å². The third-order valence-corrected chi connectivity index (χ3v) is 7.38. The van der Waals surface area contributed by atoms with Crippen LogP contribution in [0.1, 0.15) is 47.0 Å². The lowest BCUT2D eigenvalue weighted by molar-refractivity contribution is -0.142. The average Bonchev–Trinajstić information content (AvgIpc) is 2.97. The van der Waals surface area contributed by atoms with Gasteiger partial charge >= 0.3 is 0 Å². The molecule has 4 aliphatic carbocycles. The van der Waals surface area contributed by atoms with Gasteiger partial charge < -0.3 is 10.2 Å². The topological polar surface area (TPSA) is 74.6 Å². The molecule has 0 aromatic heterocycles. The third-order valence-electron chi connectivity index (χ3n) is 7.38. The Morgan fingerprint density at radius 3 is 2.29 bits per heavy atom. The minimum Gasteiger partial charge on any atom is -0.382 e. The number of aliphatic hydroxyl groups is 2. The second-order valence-electron chi connectivity index (χ2n) is 9.30. The predicted octanol–water partition coefficient (Wildman–Crippen LogP) is 2.20. The van der Waals surface area contributed by atoms with Crippen molar-refractivity contribution in [2.24, 2.45) is 29.1 Å². The second-order valence-corrected chi connectivity index (χ2v) is 9.30. The van der Waals surface area contributed by atoms with E-state index in [-0.39, 0.29) is 41.2 Å². The summed E-state index contributed by atoms with van der Waals surface area (Å²) in [6.07, 6.45) is 1.80.